The van der Waals surface area contributed by atoms with Gasteiger partial charge in [-0.15, -0.1) is 0 Å². The third kappa shape index (κ3) is 6.32. The molecule has 0 radical (unpaired) electrons. The number of nitrogens with one attached hydrogen (secondary N) is 1. The highest BCUT2D eigenvalue weighted by molar-refractivity contribution is 7.90. The fourth-order valence-electron chi connectivity index (χ4n) is 4.57. The van der Waals surface area contributed by atoms with Crippen molar-refractivity contribution in [3.63, 3.8) is 0 Å². The molecule has 1 aliphatic heterocycles. The maximum Gasteiger partial charge on any atom is 0.264 e. The topological polar surface area (TPSA) is 119 Å². The summed E-state index contributed by atoms with van der Waals surface area (Å²) in [6.07, 6.45) is 4.15. The smallest absolute Gasteiger partial charge is 0.264 e. The number of rotatable bonds is 13. The number of hydrogen-bond acceptors (Lipinski definition) is 7. The first-order valence-corrected chi connectivity index (χ1v) is 14.5. The lowest BCUT2D eigenvalue weighted by Gasteiger charge is -2.27. The summed E-state index contributed by atoms with van der Waals surface area (Å²) in [7, 11) is -2.22. The number of aryl methyl sites for hydroxylation is 1. The Kier molecular flexibility index (Phi) is 9.48. The SMILES string of the molecule is CCCCCc1ccc(NC(=O)CF)c2c1C(=O)N([C@H](CS(C)(=O)=O)c1ccc(OC)c(OCC)c1)C2=O. The number of imide groups is 1. The number of fused-ring (bicyclic) bond motifs is 1. The average Bonchev–Trinajstić information content (AvgIpc) is 3.14. The number of amides is 3. The normalized spacial score (nSPS) is 13.9. The van der Waals surface area contributed by atoms with Crippen molar-refractivity contribution in [3.8, 4) is 11.5 Å². The van der Waals surface area contributed by atoms with Gasteiger partial charge in [0.1, 0.15) is 9.84 Å². The van der Waals surface area contributed by atoms with Crippen LogP contribution in [0.25, 0.3) is 0 Å². The fraction of sp³-hybridized carbons (Fsp3) is 0.444. The number of methoxy groups -OCH3 is 1. The molecule has 1 aliphatic rings. The quantitative estimate of drug-likeness (QED) is 0.295. The number of halogens is 1. The predicted molar refractivity (Wildman–Crippen MR) is 141 cm³/mol. The van der Waals surface area contributed by atoms with E-state index >= 15 is 0 Å². The second-order valence-corrected chi connectivity index (χ2v) is 11.3. The molecule has 0 spiro atoms. The maximum atomic E-state index is 13.9. The van der Waals surface area contributed by atoms with Crippen LogP contribution in [0, 0.1) is 0 Å². The van der Waals surface area contributed by atoms with E-state index in [0.717, 1.165) is 30.4 Å². The summed E-state index contributed by atoms with van der Waals surface area (Å²) < 4.78 is 48.9. The molecule has 11 heteroatoms. The van der Waals surface area contributed by atoms with Crippen molar-refractivity contribution in [2.75, 3.05) is 37.7 Å². The molecule has 3 amide bonds. The zero-order chi connectivity index (χ0) is 28.0. The van der Waals surface area contributed by atoms with E-state index in [4.69, 9.17) is 9.47 Å². The van der Waals surface area contributed by atoms with Crippen LogP contribution in [0.2, 0.25) is 0 Å². The van der Waals surface area contributed by atoms with Gasteiger partial charge in [0.2, 0.25) is 0 Å². The lowest BCUT2D eigenvalue weighted by Crippen LogP contribution is -2.38. The summed E-state index contributed by atoms with van der Waals surface area (Å²) in [5.41, 5.74) is 1.000. The lowest BCUT2D eigenvalue weighted by atomic mass is 9.96. The van der Waals surface area contributed by atoms with Crippen molar-refractivity contribution in [1.82, 2.24) is 4.90 Å². The van der Waals surface area contributed by atoms with E-state index in [2.05, 4.69) is 5.32 Å². The van der Waals surface area contributed by atoms with Crippen LogP contribution < -0.4 is 14.8 Å². The molecule has 0 bridgehead atoms. The third-order valence-electron chi connectivity index (χ3n) is 6.25. The molecular formula is C27H33FN2O7S. The Labute approximate surface area is 222 Å². The van der Waals surface area contributed by atoms with Gasteiger partial charge in [-0.3, -0.25) is 19.3 Å². The van der Waals surface area contributed by atoms with E-state index < -0.39 is 46.0 Å². The highest BCUT2D eigenvalue weighted by atomic mass is 32.2. The molecule has 2 aromatic carbocycles. The minimum atomic E-state index is -3.68. The number of hydrogen-bond donors (Lipinski definition) is 1. The summed E-state index contributed by atoms with van der Waals surface area (Å²) in [6, 6.07) is 6.65. The Balaban J connectivity index is 2.17. The summed E-state index contributed by atoms with van der Waals surface area (Å²) in [6.45, 7) is 2.82. The van der Waals surface area contributed by atoms with Gasteiger partial charge < -0.3 is 14.8 Å². The number of unbranched alkanes of at least 4 members (excludes halogenated alkanes) is 2. The highest BCUT2D eigenvalue weighted by Crippen LogP contribution is 2.40. The monoisotopic (exact) mass is 548 g/mol. The highest BCUT2D eigenvalue weighted by Gasteiger charge is 2.44. The van der Waals surface area contributed by atoms with Crippen molar-refractivity contribution in [2.24, 2.45) is 0 Å². The molecule has 9 nitrogen and oxygen atoms in total. The van der Waals surface area contributed by atoms with Crippen LogP contribution in [0.5, 0.6) is 11.5 Å². The number of alkyl halides is 1. The minimum absolute atomic E-state index is 0.00517. The van der Waals surface area contributed by atoms with Crippen molar-refractivity contribution >= 4 is 33.2 Å². The second kappa shape index (κ2) is 12.4. The van der Waals surface area contributed by atoms with Crippen LogP contribution in [0.4, 0.5) is 10.1 Å². The van der Waals surface area contributed by atoms with Gasteiger partial charge in [-0.1, -0.05) is 31.9 Å². The number of carbonyl (C=O) groups excluding carboxylic acids is 3. The number of benzene rings is 2. The molecule has 38 heavy (non-hydrogen) atoms. The van der Waals surface area contributed by atoms with E-state index in [1.54, 1.807) is 31.2 Å². The van der Waals surface area contributed by atoms with Crippen molar-refractivity contribution in [2.45, 2.75) is 45.6 Å². The molecule has 206 valence electrons. The number of ether oxygens (including phenoxy) is 2. The number of nitrogens with zero attached hydrogens (tertiary/aromatic N) is 1. The molecule has 0 fully saturated rings. The standard InChI is InChI=1S/C27H33FN2O7S/c1-5-7-8-9-17-10-12-19(29-23(31)15-28)25-24(17)26(32)30(27(25)33)20(16-38(4,34)35)18-11-13-21(36-3)22(14-18)37-6-2/h10-14,20H,5-9,15-16H2,1-4H3,(H,29,31)/t20-/m1/s1. The zero-order valence-corrected chi connectivity index (χ0v) is 22.8. The van der Waals surface area contributed by atoms with Gasteiger partial charge in [-0.05, 0) is 49.1 Å². The van der Waals surface area contributed by atoms with Gasteiger partial charge in [0.25, 0.3) is 17.7 Å². The summed E-state index contributed by atoms with van der Waals surface area (Å²) in [4.78, 5) is 40.5. The van der Waals surface area contributed by atoms with Crippen molar-refractivity contribution < 1.29 is 36.7 Å². The van der Waals surface area contributed by atoms with Gasteiger partial charge in [-0.25, -0.2) is 12.8 Å². The Morgan fingerprint density at radius 1 is 1.05 bits per heavy atom. The lowest BCUT2D eigenvalue weighted by molar-refractivity contribution is -0.117. The molecule has 3 rings (SSSR count). The van der Waals surface area contributed by atoms with Gasteiger partial charge >= 0.3 is 0 Å². The van der Waals surface area contributed by atoms with Crippen LogP contribution in [0.15, 0.2) is 30.3 Å². The van der Waals surface area contributed by atoms with E-state index in [1.807, 2.05) is 6.92 Å². The van der Waals surface area contributed by atoms with Gasteiger partial charge in [0, 0.05) is 6.26 Å². The first-order chi connectivity index (χ1) is 18.1. The number of carbonyl (C=O) groups is 3. The summed E-state index contributed by atoms with van der Waals surface area (Å²) >= 11 is 0. The van der Waals surface area contributed by atoms with E-state index in [-0.39, 0.29) is 16.8 Å². The van der Waals surface area contributed by atoms with Crippen molar-refractivity contribution in [3.05, 3.63) is 52.6 Å². The van der Waals surface area contributed by atoms with E-state index in [0.29, 0.717) is 35.7 Å². The maximum absolute atomic E-state index is 13.9. The van der Waals surface area contributed by atoms with Gasteiger partial charge in [0.05, 0.1) is 42.3 Å². The second-order valence-electron chi connectivity index (χ2n) is 9.09. The first kappa shape index (κ1) is 29.1. The van der Waals surface area contributed by atoms with Crippen LogP contribution in [0.3, 0.4) is 0 Å². The van der Waals surface area contributed by atoms with E-state index in [1.165, 1.54) is 13.2 Å². The molecule has 0 saturated heterocycles. The Hall–Kier alpha value is -3.47. The van der Waals surface area contributed by atoms with E-state index in [9.17, 15) is 27.2 Å². The minimum Gasteiger partial charge on any atom is -0.493 e. The predicted octanol–water partition coefficient (Wildman–Crippen LogP) is 4.12. The first-order valence-electron chi connectivity index (χ1n) is 12.4. The Morgan fingerprint density at radius 2 is 1.76 bits per heavy atom. The molecule has 0 unspecified atom stereocenters. The Morgan fingerprint density at radius 3 is 2.37 bits per heavy atom. The van der Waals surface area contributed by atoms with Crippen LogP contribution in [0.1, 0.15) is 71.0 Å². The fourth-order valence-corrected chi connectivity index (χ4v) is 5.48. The molecule has 1 N–H and O–H groups in total. The molecule has 0 saturated carbocycles. The molecular weight excluding hydrogens is 515 g/mol. The van der Waals surface area contributed by atoms with Crippen LogP contribution in [-0.2, 0) is 21.1 Å². The Bertz CT molecular complexity index is 1330. The molecule has 1 heterocycles. The molecule has 0 aromatic heterocycles. The summed E-state index contributed by atoms with van der Waals surface area (Å²) in [5, 5.41) is 2.36. The average molecular weight is 549 g/mol. The molecule has 2 aromatic rings. The van der Waals surface area contributed by atoms with Crippen molar-refractivity contribution in [1.29, 1.82) is 0 Å². The largest absolute Gasteiger partial charge is 0.493 e. The number of anilines is 1. The summed E-state index contributed by atoms with van der Waals surface area (Å²) in [5.74, 6) is -2.19. The van der Waals surface area contributed by atoms with Gasteiger partial charge in [0.15, 0.2) is 18.2 Å². The molecule has 1 atom stereocenters. The van der Waals surface area contributed by atoms with Crippen LogP contribution in [-0.4, -0.2) is 63.4 Å². The zero-order valence-electron chi connectivity index (χ0n) is 22.0. The van der Waals surface area contributed by atoms with Gasteiger partial charge in [-0.2, -0.15) is 0 Å². The molecule has 0 aliphatic carbocycles. The third-order valence-corrected chi connectivity index (χ3v) is 7.17. The van der Waals surface area contributed by atoms with Crippen LogP contribution >= 0.6 is 0 Å². The number of sulfone groups is 1.